The lowest BCUT2D eigenvalue weighted by Crippen LogP contribution is -2.31. The molecule has 8 heteroatoms. The van der Waals surface area contributed by atoms with Crippen molar-refractivity contribution in [2.24, 2.45) is 0 Å². The van der Waals surface area contributed by atoms with Crippen LogP contribution in [-0.4, -0.2) is 31.9 Å². The first kappa shape index (κ1) is 20.4. The van der Waals surface area contributed by atoms with Gasteiger partial charge in [0.1, 0.15) is 0 Å². The fourth-order valence-corrected chi connectivity index (χ4v) is 3.26. The number of nitrogens with zero attached hydrogens (tertiary/aromatic N) is 2. The highest BCUT2D eigenvalue weighted by atomic mass is 35.5. The summed E-state index contributed by atoms with van der Waals surface area (Å²) in [7, 11) is 0. The van der Waals surface area contributed by atoms with E-state index in [0.717, 1.165) is 16.7 Å². The number of benzene rings is 2. The summed E-state index contributed by atoms with van der Waals surface area (Å²) < 4.78 is 1.19. The van der Waals surface area contributed by atoms with Crippen LogP contribution in [0.4, 0.5) is 0 Å². The number of aryl methyl sites for hydroxylation is 1. The maximum Gasteiger partial charge on any atom is 0.305 e. The zero-order valence-electron chi connectivity index (χ0n) is 15.9. The van der Waals surface area contributed by atoms with E-state index in [4.69, 9.17) is 11.6 Å². The van der Waals surface area contributed by atoms with Gasteiger partial charge in [0.05, 0.1) is 18.2 Å². The molecule has 2 aromatic carbocycles. The molecule has 0 aliphatic heterocycles. The summed E-state index contributed by atoms with van der Waals surface area (Å²) in [6.07, 6.45) is -0.281. The maximum absolute atomic E-state index is 12.8. The number of carboxylic acid groups (broad SMARTS) is 1. The molecule has 1 amide bonds. The quantitative estimate of drug-likeness (QED) is 0.570. The Labute approximate surface area is 172 Å². The highest BCUT2D eigenvalue weighted by Gasteiger charge is 2.23. The summed E-state index contributed by atoms with van der Waals surface area (Å²) in [5.74, 6) is -1.87. The first-order valence-electron chi connectivity index (χ1n) is 8.90. The van der Waals surface area contributed by atoms with Crippen LogP contribution >= 0.6 is 11.6 Å². The van der Waals surface area contributed by atoms with Crippen molar-refractivity contribution in [2.45, 2.75) is 26.3 Å². The van der Waals surface area contributed by atoms with E-state index in [1.165, 1.54) is 10.7 Å². The zero-order valence-corrected chi connectivity index (χ0v) is 16.6. The van der Waals surface area contributed by atoms with E-state index < -0.39 is 17.9 Å². The molecular formula is C21H20ClN3O4. The van der Waals surface area contributed by atoms with Crippen molar-refractivity contribution in [1.29, 1.82) is 0 Å². The third-order valence-electron chi connectivity index (χ3n) is 4.68. The van der Waals surface area contributed by atoms with Crippen LogP contribution in [0.1, 0.15) is 39.6 Å². The Morgan fingerprint density at radius 1 is 1.17 bits per heavy atom. The van der Waals surface area contributed by atoms with Gasteiger partial charge in [0.2, 0.25) is 5.88 Å². The van der Waals surface area contributed by atoms with Crippen LogP contribution in [0.15, 0.2) is 48.5 Å². The number of halogens is 1. The molecule has 150 valence electrons. The van der Waals surface area contributed by atoms with Gasteiger partial charge in [-0.25, -0.2) is 4.68 Å². The van der Waals surface area contributed by atoms with Gasteiger partial charge in [0.15, 0.2) is 5.69 Å². The van der Waals surface area contributed by atoms with Crippen molar-refractivity contribution in [3.05, 3.63) is 75.9 Å². The molecule has 0 saturated carbocycles. The highest BCUT2D eigenvalue weighted by molar-refractivity contribution is 6.30. The van der Waals surface area contributed by atoms with E-state index in [-0.39, 0.29) is 18.0 Å². The van der Waals surface area contributed by atoms with E-state index in [2.05, 4.69) is 10.4 Å². The molecule has 1 aromatic heterocycles. The summed E-state index contributed by atoms with van der Waals surface area (Å²) in [5.41, 5.74) is 3.08. The smallest absolute Gasteiger partial charge is 0.305 e. The Kier molecular flexibility index (Phi) is 5.89. The van der Waals surface area contributed by atoms with Crippen LogP contribution in [0.25, 0.3) is 5.69 Å². The van der Waals surface area contributed by atoms with Gasteiger partial charge in [-0.05, 0) is 48.7 Å². The average molecular weight is 414 g/mol. The molecule has 0 aliphatic rings. The van der Waals surface area contributed by atoms with Crippen molar-refractivity contribution < 1.29 is 19.8 Å². The molecule has 0 spiro atoms. The first-order chi connectivity index (χ1) is 13.8. The summed E-state index contributed by atoms with van der Waals surface area (Å²) >= 11 is 5.97. The van der Waals surface area contributed by atoms with Gasteiger partial charge in [-0.15, -0.1) is 0 Å². The number of carbonyl (C=O) groups is 2. The summed E-state index contributed by atoms with van der Waals surface area (Å²) in [4.78, 5) is 24.1. The van der Waals surface area contributed by atoms with E-state index in [9.17, 15) is 19.8 Å². The second kappa shape index (κ2) is 8.36. The van der Waals surface area contributed by atoms with Crippen molar-refractivity contribution in [2.75, 3.05) is 0 Å². The fourth-order valence-electron chi connectivity index (χ4n) is 3.08. The number of carbonyl (C=O) groups excluding carboxylic acids is 1. The fraction of sp³-hybridized carbons (Fsp3) is 0.190. The normalized spacial score (nSPS) is 11.8. The first-order valence-corrected chi connectivity index (χ1v) is 9.28. The van der Waals surface area contributed by atoms with Crippen LogP contribution in [0.2, 0.25) is 5.02 Å². The minimum absolute atomic E-state index is 0.0387. The molecule has 0 bridgehead atoms. The van der Waals surface area contributed by atoms with Crippen molar-refractivity contribution in [1.82, 2.24) is 15.1 Å². The van der Waals surface area contributed by atoms with Gasteiger partial charge in [0.25, 0.3) is 5.91 Å². The van der Waals surface area contributed by atoms with Gasteiger partial charge < -0.3 is 15.5 Å². The molecule has 0 aliphatic carbocycles. The van der Waals surface area contributed by atoms with Gasteiger partial charge in [0, 0.05) is 11.1 Å². The Balaban J connectivity index is 1.90. The zero-order chi connectivity index (χ0) is 21.1. The number of hydrogen-bond acceptors (Lipinski definition) is 4. The number of aromatic hydroxyl groups is 1. The maximum atomic E-state index is 12.8. The van der Waals surface area contributed by atoms with Gasteiger partial charge in [-0.2, -0.15) is 5.10 Å². The second-order valence-electron chi connectivity index (χ2n) is 6.69. The topological polar surface area (TPSA) is 104 Å². The monoisotopic (exact) mass is 413 g/mol. The number of amides is 1. The van der Waals surface area contributed by atoms with Gasteiger partial charge in [-0.3, -0.25) is 9.59 Å². The highest BCUT2D eigenvalue weighted by Crippen LogP contribution is 2.25. The molecule has 0 radical (unpaired) electrons. The average Bonchev–Trinajstić information content (AvgIpc) is 3.05. The number of nitrogens with one attached hydrogen (secondary N) is 1. The molecule has 3 aromatic rings. The molecule has 1 unspecified atom stereocenters. The van der Waals surface area contributed by atoms with Crippen LogP contribution in [0.5, 0.6) is 5.88 Å². The summed E-state index contributed by atoms with van der Waals surface area (Å²) in [5, 5.41) is 26.8. The molecule has 1 heterocycles. The van der Waals surface area contributed by atoms with E-state index in [0.29, 0.717) is 10.7 Å². The SMILES string of the molecule is Cc1cccc(C(CC(=O)O)NC(=O)c2cc(O)n(-c3cccc(Cl)c3)n2)c1C. The third kappa shape index (κ3) is 4.57. The number of hydrogen-bond donors (Lipinski definition) is 3. The minimum atomic E-state index is -1.04. The van der Waals surface area contributed by atoms with Crippen LogP contribution in [0, 0.1) is 13.8 Å². The molecule has 29 heavy (non-hydrogen) atoms. The van der Waals surface area contributed by atoms with Gasteiger partial charge >= 0.3 is 5.97 Å². The predicted octanol–water partition coefficient (Wildman–Crippen LogP) is 3.79. The van der Waals surface area contributed by atoms with Crippen molar-refractivity contribution in [3.8, 4) is 11.6 Å². The number of aliphatic carboxylic acids is 1. The van der Waals surface area contributed by atoms with Gasteiger partial charge in [-0.1, -0.05) is 35.9 Å². The van der Waals surface area contributed by atoms with E-state index in [1.54, 1.807) is 30.3 Å². The Morgan fingerprint density at radius 2 is 1.90 bits per heavy atom. The molecule has 7 nitrogen and oxygen atoms in total. The Bertz CT molecular complexity index is 1080. The molecule has 0 fully saturated rings. The van der Waals surface area contributed by atoms with Crippen LogP contribution < -0.4 is 5.32 Å². The molecule has 0 saturated heterocycles. The Hall–Kier alpha value is -3.32. The lowest BCUT2D eigenvalue weighted by atomic mass is 9.95. The Morgan fingerprint density at radius 3 is 2.59 bits per heavy atom. The van der Waals surface area contributed by atoms with E-state index >= 15 is 0 Å². The number of aromatic nitrogens is 2. The molecular weight excluding hydrogens is 394 g/mol. The van der Waals surface area contributed by atoms with E-state index in [1.807, 2.05) is 26.0 Å². The number of rotatable bonds is 6. The lowest BCUT2D eigenvalue weighted by molar-refractivity contribution is -0.137. The summed E-state index contributed by atoms with van der Waals surface area (Å²) in [6, 6.07) is 12.7. The largest absolute Gasteiger partial charge is 0.493 e. The molecule has 1 atom stereocenters. The van der Waals surface area contributed by atoms with Crippen molar-refractivity contribution in [3.63, 3.8) is 0 Å². The van der Waals surface area contributed by atoms with Crippen LogP contribution in [0.3, 0.4) is 0 Å². The lowest BCUT2D eigenvalue weighted by Gasteiger charge is -2.20. The summed E-state index contributed by atoms with van der Waals surface area (Å²) in [6.45, 7) is 3.80. The van der Waals surface area contributed by atoms with Crippen molar-refractivity contribution >= 4 is 23.5 Å². The third-order valence-corrected chi connectivity index (χ3v) is 4.92. The predicted molar refractivity (Wildman–Crippen MR) is 109 cm³/mol. The molecule has 3 rings (SSSR count). The van der Waals surface area contributed by atoms with Crippen LogP contribution in [-0.2, 0) is 4.79 Å². The molecule has 3 N–H and O–H groups in total. The number of carboxylic acids is 1. The minimum Gasteiger partial charge on any atom is -0.493 e. The second-order valence-corrected chi connectivity index (χ2v) is 7.13. The standard InChI is InChI=1S/C21H20ClN3O4/c1-12-5-3-8-16(13(12)2)17(11-20(27)28)23-21(29)18-10-19(26)25(24-18)15-7-4-6-14(22)9-15/h3-10,17,26H,11H2,1-2H3,(H,23,29)(H,27,28).